The molecule has 1 N–H and O–H groups in total. The molecule has 1 aliphatic rings. The minimum atomic E-state index is -0.217. The number of anilines is 1. The van der Waals surface area contributed by atoms with Crippen LogP contribution in [0.2, 0.25) is 10.0 Å². The van der Waals surface area contributed by atoms with E-state index in [9.17, 15) is 4.79 Å². The first kappa shape index (κ1) is 19.0. The van der Waals surface area contributed by atoms with Crippen LogP contribution in [0.25, 0.3) is 16.7 Å². The third-order valence-corrected chi connectivity index (χ3v) is 5.80. The smallest absolute Gasteiger partial charge is 0.263 e. The number of ether oxygens (including phenoxy) is 1. The molecule has 2 aromatic heterocycles. The molecule has 3 heterocycles. The largest absolute Gasteiger partial charge is 0.488 e. The second-order valence-corrected chi connectivity index (χ2v) is 7.88. The average Bonchev–Trinajstić information content (AvgIpc) is 3.39. The first-order valence-electron chi connectivity index (χ1n) is 9.48. The Morgan fingerprint density at radius 3 is 2.73 bits per heavy atom. The van der Waals surface area contributed by atoms with E-state index in [1.54, 1.807) is 22.9 Å². The van der Waals surface area contributed by atoms with E-state index in [0.717, 1.165) is 12.1 Å². The third-order valence-electron chi connectivity index (χ3n) is 5.06. The van der Waals surface area contributed by atoms with Crippen LogP contribution < -0.4 is 15.2 Å². The molecule has 4 aromatic rings. The van der Waals surface area contributed by atoms with E-state index >= 15 is 0 Å². The molecule has 0 radical (unpaired) electrons. The molecule has 0 bridgehead atoms. The zero-order valence-electron chi connectivity index (χ0n) is 15.8. The van der Waals surface area contributed by atoms with Crippen LogP contribution in [0, 0.1) is 0 Å². The van der Waals surface area contributed by atoms with E-state index in [4.69, 9.17) is 32.9 Å². The van der Waals surface area contributed by atoms with E-state index in [1.165, 1.54) is 6.20 Å². The number of halogens is 2. The Kier molecular flexibility index (Phi) is 4.84. The van der Waals surface area contributed by atoms with Crippen molar-refractivity contribution in [1.29, 1.82) is 0 Å². The number of benzene rings is 2. The van der Waals surface area contributed by atoms with Gasteiger partial charge in [-0.3, -0.25) is 9.78 Å². The highest BCUT2D eigenvalue weighted by Gasteiger charge is 2.27. The molecule has 1 fully saturated rings. The summed E-state index contributed by atoms with van der Waals surface area (Å²) in [5.74, 6) is 1.17. The Bertz CT molecular complexity index is 1270. The minimum absolute atomic E-state index is 0.0534. The van der Waals surface area contributed by atoms with E-state index in [0.29, 0.717) is 45.9 Å². The summed E-state index contributed by atoms with van der Waals surface area (Å²) in [5.41, 5.74) is 1.15. The minimum Gasteiger partial charge on any atom is -0.488 e. The zero-order chi connectivity index (χ0) is 20.7. The van der Waals surface area contributed by atoms with Crippen molar-refractivity contribution in [3.63, 3.8) is 0 Å². The Hall–Kier alpha value is -3.03. The van der Waals surface area contributed by atoms with Crippen LogP contribution in [0.5, 0.6) is 5.75 Å². The zero-order valence-corrected chi connectivity index (χ0v) is 17.3. The summed E-state index contributed by atoms with van der Waals surface area (Å²) >= 11 is 12.0. The lowest BCUT2D eigenvalue weighted by Crippen LogP contribution is -2.28. The van der Waals surface area contributed by atoms with Crippen molar-refractivity contribution in [2.45, 2.75) is 12.5 Å². The van der Waals surface area contributed by atoms with Gasteiger partial charge in [0.15, 0.2) is 5.65 Å². The number of nitrogens with zero attached hydrogens (tertiary/aromatic N) is 4. The lowest BCUT2D eigenvalue weighted by molar-refractivity contribution is 0.225. The molecule has 7 nitrogen and oxygen atoms in total. The van der Waals surface area contributed by atoms with Crippen molar-refractivity contribution in [2.75, 3.05) is 18.0 Å². The maximum absolute atomic E-state index is 12.6. The molecule has 1 unspecified atom stereocenters. The molecule has 5 rings (SSSR count). The quantitative estimate of drug-likeness (QED) is 0.516. The predicted octanol–water partition coefficient (Wildman–Crippen LogP) is 4.07. The fourth-order valence-electron chi connectivity index (χ4n) is 3.57. The van der Waals surface area contributed by atoms with Gasteiger partial charge < -0.3 is 9.64 Å². The monoisotopic (exact) mass is 441 g/mol. The fraction of sp³-hybridized carbons (Fsp3) is 0.190. The maximum atomic E-state index is 12.6. The molecular weight excluding hydrogens is 425 g/mol. The lowest BCUT2D eigenvalue weighted by atomic mass is 10.3. The summed E-state index contributed by atoms with van der Waals surface area (Å²) < 4.78 is 7.71. The summed E-state index contributed by atoms with van der Waals surface area (Å²) in [7, 11) is 0. The first-order chi connectivity index (χ1) is 14.6. The van der Waals surface area contributed by atoms with Crippen molar-refractivity contribution in [3.05, 3.63) is 75.1 Å². The molecule has 0 spiro atoms. The Labute approximate surface area is 181 Å². The summed E-state index contributed by atoms with van der Waals surface area (Å²) in [4.78, 5) is 22.2. The fourth-order valence-corrected chi connectivity index (χ4v) is 3.86. The summed E-state index contributed by atoms with van der Waals surface area (Å²) in [6.45, 7) is 1.30. The van der Waals surface area contributed by atoms with E-state index < -0.39 is 0 Å². The molecule has 0 amide bonds. The Balaban J connectivity index is 1.41. The van der Waals surface area contributed by atoms with Crippen LogP contribution in [-0.4, -0.2) is 38.9 Å². The highest BCUT2D eigenvalue weighted by Crippen LogP contribution is 2.28. The van der Waals surface area contributed by atoms with Gasteiger partial charge in [0.25, 0.3) is 5.56 Å². The summed E-state index contributed by atoms with van der Waals surface area (Å²) in [6.07, 6.45) is 2.28. The van der Waals surface area contributed by atoms with Crippen LogP contribution in [-0.2, 0) is 0 Å². The topological polar surface area (TPSA) is 76.0 Å². The normalized spacial score (nSPS) is 16.3. The molecule has 2 aromatic carbocycles. The third kappa shape index (κ3) is 3.51. The summed E-state index contributed by atoms with van der Waals surface area (Å²) in [6, 6.07) is 14.8. The first-order valence-corrected chi connectivity index (χ1v) is 10.2. The van der Waals surface area contributed by atoms with E-state index in [1.807, 2.05) is 35.2 Å². The van der Waals surface area contributed by atoms with E-state index in [-0.39, 0.29) is 11.7 Å². The molecule has 0 saturated carbocycles. The molecule has 1 saturated heterocycles. The van der Waals surface area contributed by atoms with Gasteiger partial charge in [-0.05, 0) is 24.3 Å². The SMILES string of the molecule is O=c1[nH]c(N2CCC(Oc3ccc(Cl)c(Cl)c3)C2)nc2c1cnn2-c1ccccc1. The van der Waals surface area contributed by atoms with Crippen LogP contribution in [0.1, 0.15) is 6.42 Å². The average molecular weight is 442 g/mol. The molecule has 30 heavy (non-hydrogen) atoms. The van der Waals surface area contributed by atoms with Crippen LogP contribution in [0.15, 0.2) is 59.5 Å². The Morgan fingerprint density at radius 1 is 1.10 bits per heavy atom. The van der Waals surface area contributed by atoms with Gasteiger partial charge in [0.05, 0.1) is 28.5 Å². The van der Waals surface area contributed by atoms with Gasteiger partial charge in [0.1, 0.15) is 17.2 Å². The second kappa shape index (κ2) is 7.66. The summed E-state index contributed by atoms with van der Waals surface area (Å²) in [5, 5.41) is 5.74. The molecular formula is C21H17Cl2N5O2. The van der Waals surface area contributed by atoms with Gasteiger partial charge in [-0.15, -0.1) is 0 Å². The molecule has 152 valence electrons. The van der Waals surface area contributed by atoms with Crippen molar-refractivity contribution < 1.29 is 4.74 Å². The van der Waals surface area contributed by atoms with Crippen molar-refractivity contribution in [3.8, 4) is 11.4 Å². The second-order valence-electron chi connectivity index (χ2n) is 7.07. The van der Waals surface area contributed by atoms with Crippen molar-refractivity contribution in [2.24, 2.45) is 0 Å². The highest BCUT2D eigenvalue weighted by molar-refractivity contribution is 6.42. The van der Waals surface area contributed by atoms with Gasteiger partial charge in [0.2, 0.25) is 5.95 Å². The van der Waals surface area contributed by atoms with Crippen LogP contribution in [0.3, 0.4) is 0 Å². The number of para-hydroxylation sites is 1. The Morgan fingerprint density at radius 2 is 1.93 bits per heavy atom. The molecule has 9 heteroatoms. The number of hydrogen-bond acceptors (Lipinski definition) is 5. The highest BCUT2D eigenvalue weighted by atomic mass is 35.5. The van der Waals surface area contributed by atoms with Gasteiger partial charge in [-0.2, -0.15) is 10.1 Å². The predicted molar refractivity (Wildman–Crippen MR) is 117 cm³/mol. The van der Waals surface area contributed by atoms with Crippen molar-refractivity contribution in [1.82, 2.24) is 19.7 Å². The van der Waals surface area contributed by atoms with Gasteiger partial charge in [0, 0.05) is 19.0 Å². The van der Waals surface area contributed by atoms with Gasteiger partial charge in [-0.1, -0.05) is 41.4 Å². The molecule has 1 aliphatic heterocycles. The standard InChI is InChI=1S/C21H17Cl2N5O2/c22-17-7-6-14(10-18(17)23)30-15-8-9-27(12-15)21-25-19-16(20(29)26-21)11-24-28(19)13-4-2-1-3-5-13/h1-7,10-11,15H,8-9,12H2,(H,25,26,29). The van der Waals surface area contributed by atoms with Crippen molar-refractivity contribution >= 4 is 40.2 Å². The lowest BCUT2D eigenvalue weighted by Gasteiger charge is -2.18. The number of rotatable bonds is 4. The maximum Gasteiger partial charge on any atom is 0.263 e. The van der Waals surface area contributed by atoms with E-state index in [2.05, 4.69) is 10.1 Å². The number of hydrogen-bond donors (Lipinski definition) is 1. The molecule has 1 atom stereocenters. The number of aromatic amines is 1. The number of nitrogens with one attached hydrogen (secondary N) is 1. The number of H-pyrrole nitrogens is 1. The van der Waals surface area contributed by atoms with Crippen LogP contribution >= 0.6 is 23.2 Å². The molecule has 0 aliphatic carbocycles. The van der Waals surface area contributed by atoms with Crippen LogP contribution in [0.4, 0.5) is 5.95 Å². The number of aromatic nitrogens is 4. The number of fused-ring (bicyclic) bond motifs is 1. The van der Waals surface area contributed by atoms with Gasteiger partial charge in [-0.25, -0.2) is 4.68 Å². The van der Waals surface area contributed by atoms with Gasteiger partial charge >= 0.3 is 0 Å².